The van der Waals surface area contributed by atoms with E-state index in [4.69, 9.17) is 4.98 Å². The van der Waals surface area contributed by atoms with E-state index in [2.05, 4.69) is 42.8 Å². The second-order valence-corrected chi connectivity index (χ2v) is 7.95. The van der Waals surface area contributed by atoms with Gasteiger partial charge in [0.25, 0.3) is 0 Å². The molecular formula is C25H24N8O. The van der Waals surface area contributed by atoms with E-state index < -0.39 is 0 Å². The SMILES string of the molecule is C=CC(=O)Nc1ccnc(-c2nccc3cnc(Nc4ccc(N[C@H]5CCNC5)cc4)nc23)c1. The molecule has 5 rings (SSSR count). The zero-order valence-corrected chi connectivity index (χ0v) is 18.5. The van der Waals surface area contributed by atoms with Gasteiger partial charge >= 0.3 is 0 Å². The van der Waals surface area contributed by atoms with Crippen LogP contribution in [0.25, 0.3) is 22.3 Å². The Hall–Kier alpha value is -4.37. The maximum Gasteiger partial charge on any atom is 0.247 e. The number of rotatable bonds is 7. The van der Waals surface area contributed by atoms with E-state index in [1.54, 1.807) is 30.7 Å². The fourth-order valence-corrected chi connectivity index (χ4v) is 3.83. The van der Waals surface area contributed by atoms with Crippen LogP contribution in [0.3, 0.4) is 0 Å². The van der Waals surface area contributed by atoms with E-state index in [1.807, 2.05) is 30.3 Å². The van der Waals surface area contributed by atoms with Gasteiger partial charge in [0.05, 0.1) is 5.69 Å². The Morgan fingerprint density at radius 2 is 1.85 bits per heavy atom. The third-order valence-corrected chi connectivity index (χ3v) is 5.53. The molecule has 0 saturated carbocycles. The van der Waals surface area contributed by atoms with Gasteiger partial charge in [0, 0.05) is 53.6 Å². The third kappa shape index (κ3) is 4.84. The van der Waals surface area contributed by atoms with E-state index in [9.17, 15) is 4.79 Å². The Morgan fingerprint density at radius 3 is 2.65 bits per heavy atom. The molecule has 34 heavy (non-hydrogen) atoms. The van der Waals surface area contributed by atoms with Crippen LogP contribution in [0.4, 0.5) is 23.0 Å². The van der Waals surface area contributed by atoms with Crippen LogP contribution in [0.2, 0.25) is 0 Å². The molecular weight excluding hydrogens is 428 g/mol. The van der Waals surface area contributed by atoms with E-state index in [0.29, 0.717) is 34.6 Å². The second-order valence-electron chi connectivity index (χ2n) is 7.95. The zero-order chi connectivity index (χ0) is 23.3. The van der Waals surface area contributed by atoms with Crippen LogP contribution < -0.4 is 21.3 Å². The fourth-order valence-electron chi connectivity index (χ4n) is 3.83. The molecule has 4 heterocycles. The normalized spacial score (nSPS) is 15.1. The summed E-state index contributed by atoms with van der Waals surface area (Å²) < 4.78 is 0. The highest BCUT2D eigenvalue weighted by atomic mass is 16.1. The number of pyridine rings is 2. The molecule has 9 nitrogen and oxygen atoms in total. The quantitative estimate of drug-likeness (QED) is 0.314. The van der Waals surface area contributed by atoms with Crippen molar-refractivity contribution in [3.63, 3.8) is 0 Å². The van der Waals surface area contributed by atoms with Crippen molar-refractivity contribution in [1.29, 1.82) is 0 Å². The summed E-state index contributed by atoms with van der Waals surface area (Å²) in [5.41, 5.74) is 4.41. The number of hydrogen-bond acceptors (Lipinski definition) is 8. The molecule has 1 aliphatic heterocycles. The largest absolute Gasteiger partial charge is 0.381 e. The molecule has 4 N–H and O–H groups in total. The summed E-state index contributed by atoms with van der Waals surface area (Å²) in [6, 6.07) is 13.9. The van der Waals surface area contributed by atoms with Crippen molar-refractivity contribution in [3.8, 4) is 11.4 Å². The minimum Gasteiger partial charge on any atom is -0.381 e. The zero-order valence-electron chi connectivity index (χ0n) is 18.5. The van der Waals surface area contributed by atoms with Gasteiger partial charge in [0.1, 0.15) is 11.2 Å². The Kier molecular flexibility index (Phi) is 6.09. The first-order valence-corrected chi connectivity index (χ1v) is 11.0. The molecule has 4 aromatic rings. The molecule has 0 unspecified atom stereocenters. The fraction of sp³-hybridized carbons (Fsp3) is 0.160. The Bertz CT molecular complexity index is 1330. The average Bonchev–Trinajstić information content (AvgIpc) is 3.38. The Balaban J connectivity index is 1.39. The summed E-state index contributed by atoms with van der Waals surface area (Å²) in [4.78, 5) is 29.7. The van der Waals surface area contributed by atoms with Gasteiger partial charge in [-0.05, 0) is 61.5 Å². The molecule has 0 spiro atoms. The van der Waals surface area contributed by atoms with Gasteiger partial charge < -0.3 is 21.3 Å². The molecule has 1 atom stereocenters. The van der Waals surface area contributed by atoms with Crippen molar-refractivity contribution in [2.24, 2.45) is 0 Å². The summed E-state index contributed by atoms with van der Waals surface area (Å²) in [5.74, 6) is 0.163. The summed E-state index contributed by atoms with van der Waals surface area (Å²) in [6.07, 6.45) is 7.40. The molecule has 0 radical (unpaired) electrons. The number of anilines is 4. The van der Waals surface area contributed by atoms with Crippen molar-refractivity contribution < 1.29 is 4.79 Å². The average molecular weight is 453 g/mol. The Morgan fingerprint density at radius 1 is 1.03 bits per heavy atom. The molecule has 9 heteroatoms. The van der Waals surface area contributed by atoms with Crippen molar-refractivity contribution in [1.82, 2.24) is 25.3 Å². The minimum absolute atomic E-state index is 0.294. The predicted molar refractivity (Wildman–Crippen MR) is 134 cm³/mol. The Labute approximate surface area is 196 Å². The lowest BCUT2D eigenvalue weighted by Gasteiger charge is -2.13. The minimum atomic E-state index is -0.294. The van der Waals surface area contributed by atoms with E-state index in [0.717, 1.165) is 36.3 Å². The topological polar surface area (TPSA) is 117 Å². The predicted octanol–water partition coefficient (Wildman–Crippen LogP) is 3.73. The van der Waals surface area contributed by atoms with Crippen molar-refractivity contribution in [2.45, 2.75) is 12.5 Å². The van der Waals surface area contributed by atoms with Crippen LogP contribution in [-0.4, -0.2) is 45.0 Å². The van der Waals surface area contributed by atoms with Gasteiger partial charge in [0.2, 0.25) is 11.9 Å². The lowest BCUT2D eigenvalue weighted by atomic mass is 10.1. The maximum absolute atomic E-state index is 11.7. The number of amides is 1. The lowest BCUT2D eigenvalue weighted by Crippen LogP contribution is -2.21. The number of nitrogens with one attached hydrogen (secondary N) is 4. The number of carbonyl (C=O) groups is 1. The van der Waals surface area contributed by atoms with Crippen molar-refractivity contribution in [3.05, 3.63) is 73.7 Å². The van der Waals surface area contributed by atoms with Crippen LogP contribution in [0, 0.1) is 0 Å². The van der Waals surface area contributed by atoms with Crippen LogP contribution in [0.1, 0.15) is 6.42 Å². The second kappa shape index (κ2) is 9.63. The number of nitrogens with zero attached hydrogens (tertiary/aromatic N) is 4. The van der Waals surface area contributed by atoms with Crippen molar-refractivity contribution in [2.75, 3.05) is 29.0 Å². The van der Waals surface area contributed by atoms with Gasteiger partial charge in [-0.2, -0.15) is 0 Å². The molecule has 3 aromatic heterocycles. The first-order valence-electron chi connectivity index (χ1n) is 11.0. The van der Waals surface area contributed by atoms with Crippen LogP contribution in [-0.2, 0) is 4.79 Å². The molecule has 0 bridgehead atoms. The summed E-state index contributed by atoms with van der Waals surface area (Å²) in [7, 11) is 0. The number of benzene rings is 1. The van der Waals surface area contributed by atoms with E-state index in [1.165, 1.54) is 6.08 Å². The highest BCUT2D eigenvalue weighted by molar-refractivity contribution is 5.99. The van der Waals surface area contributed by atoms with E-state index >= 15 is 0 Å². The maximum atomic E-state index is 11.7. The molecule has 170 valence electrons. The number of aromatic nitrogens is 4. The number of hydrogen-bond donors (Lipinski definition) is 4. The molecule has 1 fully saturated rings. The van der Waals surface area contributed by atoms with Crippen LogP contribution in [0.5, 0.6) is 0 Å². The molecule has 1 saturated heterocycles. The van der Waals surface area contributed by atoms with Gasteiger partial charge in [-0.3, -0.25) is 14.8 Å². The number of fused-ring (bicyclic) bond motifs is 1. The standard InChI is InChI=1S/C25H24N8O/c1-2-22(34)31-19-9-12-27-21(13-19)24-23-16(7-11-28-24)14-29-25(33-23)32-18-5-3-17(4-6-18)30-20-8-10-26-15-20/h2-7,9,11-14,20,26,30H,1,8,10,15H2,(H,27,31,34)(H,29,32,33)/t20-/m0/s1. The monoisotopic (exact) mass is 452 g/mol. The molecule has 1 aliphatic rings. The first-order chi connectivity index (χ1) is 16.7. The molecule has 0 aliphatic carbocycles. The number of carbonyl (C=O) groups excluding carboxylic acids is 1. The summed E-state index contributed by atoms with van der Waals surface area (Å²) in [6.45, 7) is 5.52. The highest BCUT2D eigenvalue weighted by Crippen LogP contribution is 2.26. The van der Waals surface area contributed by atoms with Crippen molar-refractivity contribution >= 4 is 39.8 Å². The summed E-state index contributed by atoms with van der Waals surface area (Å²) in [5, 5.41) is 13.7. The first kappa shape index (κ1) is 21.5. The van der Waals surface area contributed by atoms with Gasteiger partial charge in [-0.25, -0.2) is 9.97 Å². The van der Waals surface area contributed by atoms with Crippen LogP contribution in [0.15, 0.2) is 73.7 Å². The lowest BCUT2D eigenvalue weighted by molar-refractivity contribution is -0.111. The van der Waals surface area contributed by atoms with Gasteiger partial charge in [-0.15, -0.1) is 0 Å². The van der Waals surface area contributed by atoms with Gasteiger partial charge in [-0.1, -0.05) is 6.58 Å². The van der Waals surface area contributed by atoms with Crippen LogP contribution >= 0.6 is 0 Å². The summed E-state index contributed by atoms with van der Waals surface area (Å²) >= 11 is 0. The molecule has 1 aromatic carbocycles. The van der Waals surface area contributed by atoms with E-state index in [-0.39, 0.29) is 5.91 Å². The highest BCUT2D eigenvalue weighted by Gasteiger charge is 2.14. The molecule has 1 amide bonds. The third-order valence-electron chi connectivity index (χ3n) is 5.53. The van der Waals surface area contributed by atoms with Gasteiger partial charge in [0.15, 0.2) is 0 Å². The smallest absolute Gasteiger partial charge is 0.247 e.